The molecule has 3 aliphatic rings. The first-order chi connectivity index (χ1) is 15.0. The maximum atomic E-state index is 14.9. The molecule has 2 aromatic rings. The van der Waals surface area contributed by atoms with Crippen LogP contribution in [0.1, 0.15) is 12.5 Å². The molecule has 3 aliphatic heterocycles. The van der Waals surface area contributed by atoms with Crippen molar-refractivity contribution < 1.29 is 13.9 Å². The Balaban J connectivity index is 1.56. The molecule has 2 atom stereocenters. The van der Waals surface area contributed by atoms with Crippen LogP contribution in [-0.4, -0.2) is 88.9 Å². The zero-order valence-electron chi connectivity index (χ0n) is 17.4. The molecule has 0 unspecified atom stereocenters. The summed E-state index contributed by atoms with van der Waals surface area (Å²) in [6.07, 6.45) is 2.87. The van der Waals surface area contributed by atoms with Gasteiger partial charge in [-0.25, -0.2) is 19.3 Å². The summed E-state index contributed by atoms with van der Waals surface area (Å²) in [6, 6.07) is -0.423. The standard InChI is InChI=1S/C20H25FN8O2/c1-12(30)28-10-15(21)16(11-28)29-3-2-14-17(13-8-23-19(22)24-9-13)25-20(26-18(14)29)27-4-6-31-7-5-27/h8-9,15-16H,2-7,10-11H2,1H3,(H2,22,23,24)/t15-,16-/m1/s1. The van der Waals surface area contributed by atoms with Gasteiger partial charge >= 0.3 is 0 Å². The lowest BCUT2D eigenvalue weighted by Crippen LogP contribution is -2.42. The Hall–Kier alpha value is -3.08. The van der Waals surface area contributed by atoms with Crippen molar-refractivity contribution in [3.8, 4) is 11.3 Å². The van der Waals surface area contributed by atoms with E-state index in [-0.39, 0.29) is 18.4 Å². The maximum absolute atomic E-state index is 14.9. The SMILES string of the molecule is CC(=O)N1C[C@@H](F)[C@H](N2CCc3c(-c4cnc(N)nc4)nc(N4CCOCC4)nc32)C1. The van der Waals surface area contributed by atoms with E-state index in [2.05, 4.69) is 14.9 Å². The summed E-state index contributed by atoms with van der Waals surface area (Å²) in [4.78, 5) is 35.4. The highest BCUT2D eigenvalue weighted by Gasteiger charge is 2.42. The number of fused-ring (bicyclic) bond motifs is 1. The Bertz CT molecular complexity index is 982. The molecule has 0 saturated carbocycles. The third-order valence-electron chi connectivity index (χ3n) is 6.15. The zero-order valence-corrected chi connectivity index (χ0v) is 17.4. The Morgan fingerprint density at radius 2 is 1.90 bits per heavy atom. The molecule has 31 heavy (non-hydrogen) atoms. The minimum atomic E-state index is -1.13. The Morgan fingerprint density at radius 1 is 1.16 bits per heavy atom. The number of nitrogens with zero attached hydrogens (tertiary/aromatic N) is 7. The molecular formula is C20H25FN8O2. The van der Waals surface area contributed by atoms with E-state index in [9.17, 15) is 9.18 Å². The predicted octanol–water partition coefficient (Wildman–Crippen LogP) is 0.284. The van der Waals surface area contributed by atoms with Crippen LogP contribution in [0.4, 0.5) is 22.1 Å². The van der Waals surface area contributed by atoms with Crippen LogP contribution in [0.5, 0.6) is 0 Å². The van der Waals surface area contributed by atoms with Gasteiger partial charge in [0.2, 0.25) is 17.8 Å². The lowest BCUT2D eigenvalue weighted by molar-refractivity contribution is -0.128. The summed E-state index contributed by atoms with van der Waals surface area (Å²) in [5, 5.41) is 0. The van der Waals surface area contributed by atoms with Crippen LogP contribution in [0.3, 0.4) is 0 Å². The van der Waals surface area contributed by atoms with Gasteiger partial charge in [0, 0.05) is 56.6 Å². The molecule has 11 heteroatoms. The fourth-order valence-electron chi connectivity index (χ4n) is 4.49. The summed E-state index contributed by atoms with van der Waals surface area (Å²) < 4.78 is 20.4. The highest BCUT2D eigenvalue weighted by atomic mass is 19.1. The van der Waals surface area contributed by atoms with Gasteiger partial charge in [-0.15, -0.1) is 0 Å². The Morgan fingerprint density at radius 3 is 2.58 bits per heavy atom. The number of rotatable bonds is 3. The van der Waals surface area contributed by atoms with Crippen LogP contribution in [0.25, 0.3) is 11.3 Å². The van der Waals surface area contributed by atoms with Crippen molar-refractivity contribution in [1.29, 1.82) is 0 Å². The van der Waals surface area contributed by atoms with Gasteiger partial charge < -0.3 is 25.2 Å². The van der Waals surface area contributed by atoms with Crippen LogP contribution in [0.2, 0.25) is 0 Å². The van der Waals surface area contributed by atoms with Gasteiger partial charge in [-0.3, -0.25) is 4.79 Å². The fraction of sp³-hybridized carbons (Fsp3) is 0.550. The van der Waals surface area contributed by atoms with Crippen molar-refractivity contribution in [2.24, 2.45) is 0 Å². The number of likely N-dealkylation sites (tertiary alicyclic amines) is 1. The number of hydrogen-bond acceptors (Lipinski definition) is 9. The van der Waals surface area contributed by atoms with E-state index in [4.69, 9.17) is 20.4 Å². The van der Waals surface area contributed by atoms with Gasteiger partial charge in [-0.2, -0.15) is 4.98 Å². The highest BCUT2D eigenvalue weighted by molar-refractivity contribution is 5.75. The molecule has 164 valence electrons. The van der Waals surface area contributed by atoms with Crippen LogP contribution in [0.15, 0.2) is 12.4 Å². The highest BCUT2D eigenvalue weighted by Crippen LogP contribution is 2.38. The van der Waals surface area contributed by atoms with Crippen molar-refractivity contribution in [3.63, 3.8) is 0 Å². The number of nitrogen functional groups attached to an aromatic ring is 1. The van der Waals surface area contributed by atoms with Crippen molar-refractivity contribution in [2.75, 3.05) is 61.5 Å². The van der Waals surface area contributed by atoms with Crippen molar-refractivity contribution in [2.45, 2.75) is 25.6 Å². The number of hydrogen-bond donors (Lipinski definition) is 1. The molecule has 2 fully saturated rings. The van der Waals surface area contributed by atoms with Gasteiger partial charge in [0.25, 0.3) is 0 Å². The first-order valence-electron chi connectivity index (χ1n) is 10.5. The number of carbonyl (C=O) groups is 1. The molecule has 0 bridgehead atoms. The summed E-state index contributed by atoms with van der Waals surface area (Å²) in [5.41, 5.74) is 8.10. The van der Waals surface area contributed by atoms with Crippen molar-refractivity contribution in [1.82, 2.24) is 24.8 Å². The topological polar surface area (TPSA) is 114 Å². The number of anilines is 3. The first-order valence-corrected chi connectivity index (χ1v) is 10.5. The van der Waals surface area contributed by atoms with Crippen molar-refractivity contribution in [3.05, 3.63) is 18.0 Å². The zero-order chi connectivity index (χ0) is 21.5. The molecule has 1 amide bonds. The Labute approximate surface area is 179 Å². The second kappa shape index (κ2) is 7.88. The number of carbonyl (C=O) groups excluding carboxylic acids is 1. The lowest BCUT2D eigenvalue weighted by atomic mass is 10.1. The molecule has 0 aromatic carbocycles. The van der Waals surface area contributed by atoms with E-state index in [1.807, 2.05) is 4.90 Å². The summed E-state index contributed by atoms with van der Waals surface area (Å²) >= 11 is 0. The van der Waals surface area contributed by atoms with Gasteiger partial charge in [0.1, 0.15) is 12.0 Å². The number of aromatic nitrogens is 4. The second-order valence-corrected chi connectivity index (χ2v) is 8.05. The third kappa shape index (κ3) is 3.62. The number of morpholine rings is 1. The van der Waals surface area contributed by atoms with E-state index in [1.165, 1.54) is 6.92 Å². The maximum Gasteiger partial charge on any atom is 0.228 e. The van der Waals surface area contributed by atoms with Crippen LogP contribution in [-0.2, 0) is 16.0 Å². The molecule has 0 spiro atoms. The fourth-order valence-corrected chi connectivity index (χ4v) is 4.49. The number of nitrogens with two attached hydrogens (primary N) is 1. The number of amides is 1. The summed E-state index contributed by atoms with van der Waals surface area (Å²) in [7, 11) is 0. The Kier molecular flexibility index (Phi) is 5.05. The molecule has 0 aliphatic carbocycles. The van der Waals surface area contributed by atoms with E-state index < -0.39 is 12.2 Å². The van der Waals surface area contributed by atoms with Gasteiger partial charge in [-0.05, 0) is 6.42 Å². The van der Waals surface area contributed by atoms with E-state index in [1.54, 1.807) is 17.3 Å². The normalized spacial score (nSPS) is 23.4. The minimum Gasteiger partial charge on any atom is -0.378 e. The lowest BCUT2D eigenvalue weighted by Gasteiger charge is -2.30. The second-order valence-electron chi connectivity index (χ2n) is 8.05. The monoisotopic (exact) mass is 428 g/mol. The third-order valence-corrected chi connectivity index (χ3v) is 6.15. The van der Waals surface area contributed by atoms with Crippen LogP contribution >= 0.6 is 0 Å². The molecule has 0 radical (unpaired) electrons. The first kappa shape index (κ1) is 19.9. The van der Waals surface area contributed by atoms with Crippen LogP contribution < -0.4 is 15.5 Å². The van der Waals surface area contributed by atoms with Crippen LogP contribution in [0, 0.1) is 0 Å². The molecule has 2 aromatic heterocycles. The quantitative estimate of drug-likeness (QED) is 0.736. The number of halogens is 1. The number of ether oxygens (including phenoxy) is 1. The van der Waals surface area contributed by atoms with E-state index in [0.717, 1.165) is 22.6 Å². The van der Waals surface area contributed by atoms with Gasteiger partial charge in [-0.1, -0.05) is 0 Å². The smallest absolute Gasteiger partial charge is 0.228 e. The average Bonchev–Trinajstić information content (AvgIpc) is 3.37. The van der Waals surface area contributed by atoms with Gasteiger partial charge in [0.05, 0.1) is 31.5 Å². The molecule has 10 nitrogen and oxygen atoms in total. The minimum absolute atomic E-state index is 0.110. The average molecular weight is 428 g/mol. The summed E-state index contributed by atoms with van der Waals surface area (Å²) in [5.74, 6) is 1.39. The molecule has 2 N–H and O–H groups in total. The van der Waals surface area contributed by atoms with Crippen molar-refractivity contribution >= 4 is 23.6 Å². The predicted molar refractivity (Wildman–Crippen MR) is 112 cm³/mol. The number of alkyl halides is 1. The largest absolute Gasteiger partial charge is 0.378 e. The molecule has 5 heterocycles. The molecule has 2 saturated heterocycles. The molecule has 5 rings (SSSR count). The van der Waals surface area contributed by atoms with E-state index >= 15 is 0 Å². The molecular weight excluding hydrogens is 403 g/mol. The summed E-state index contributed by atoms with van der Waals surface area (Å²) in [6.45, 7) is 5.15. The van der Waals surface area contributed by atoms with E-state index in [0.29, 0.717) is 51.8 Å². The van der Waals surface area contributed by atoms with Gasteiger partial charge in [0.15, 0.2) is 0 Å².